The van der Waals surface area contributed by atoms with E-state index in [-0.39, 0.29) is 6.03 Å². The number of rotatable bonds is 5. The summed E-state index contributed by atoms with van der Waals surface area (Å²) in [6.07, 6.45) is 0.530. The van der Waals surface area contributed by atoms with E-state index in [4.69, 9.17) is 0 Å². The van der Waals surface area contributed by atoms with Crippen LogP contribution in [-0.2, 0) is 4.79 Å². The van der Waals surface area contributed by atoms with Gasteiger partial charge in [0, 0.05) is 11.4 Å². The summed E-state index contributed by atoms with van der Waals surface area (Å²) < 4.78 is 0. The Kier molecular flexibility index (Phi) is 4.55. The van der Waals surface area contributed by atoms with Crippen molar-refractivity contribution < 1.29 is 9.59 Å². The van der Waals surface area contributed by atoms with E-state index in [9.17, 15) is 9.59 Å². The number of benzene rings is 2. The molecule has 0 aliphatic rings. The second-order valence-corrected chi connectivity index (χ2v) is 3.91. The zero-order valence-corrected chi connectivity index (χ0v) is 10.6. The Morgan fingerprint density at radius 2 is 1.50 bits per heavy atom. The molecular weight excluding hydrogens is 256 g/mol. The highest BCUT2D eigenvalue weighted by atomic mass is 16.2. The Morgan fingerprint density at radius 3 is 2.25 bits per heavy atom. The van der Waals surface area contributed by atoms with E-state index in [1.54, 1.807) is 36.4 Å². The Balaban J connectivity index is 1.95. The highest BCUT2D eigenvalue weighted by Crippen LogP contribution is 2.14. The van der Waals surface area contributed by atoms with E-state index in [2.05, 4.69) is 21.5 Å². The van der Waals surface area contributed by atoms with E-state index >= 15 is 0 Å². The first-order valence-corrected chi connectivity index (χ1v) is 5.96. The second-order valence-electron chi connectivity index (χ2n) is 3.91. The molecule has 0 bridgehead atoms. The zero-order chi connectivity index (χ0) is 14.2. The number of para-hydroxylation sites is 1. The Hall–Kier alpha value is -3.02. The third-order valence-corrected chi connectivity index (χ3v) is 2.43. The summed E-state index contributed by atoms with van der Waals surface area (Å²) in [7, 11) is 0. The molecule has 0 fully saturated rings. The van der Waals surface area contributed by atoms with Gasteiger partial charge in [0.15, 0.2) is 0 Å². The molecule has 0 aliphatic heterocycles. The predicted octanol–water partition coefficient (Wildman–Crippen LogP) is 2.40. The first-order valence-electron chi connectivity index (χ1n) is 5.96. The van der Waals surface area contributed by atoms with Gasteiger partial charge in [-0.3, -0.25) is 15.6 Å². The van der Waals surface area contributed by atoms with Crippen molar-refractivity contribution in [3.05, 3.63) is 54.6 Å². The van der Waals surface area contributed by atoms with Crippen molar-refractivity contribution in [1.82, 2.24) is 5.43 Å². The SMILES string of the molecule is O=CNNc1cccc(NC(=O)Nc2ccccc2)c1. The lowest BCUT2D eigenvalue weighted by Crippen LogP contribution is -2.20. The molecule has 2 rings (SSSR count). The van der Waals surface area contributed by atoms with E-state index in [1.165, 1.54) is 0 Å². The maximum Gasteiger partial charge on any atom is 0.323 e. The molecule has 0 aliphatic carbocycles. The maximum atomic E-state index is 11.8. The van der Waals surface area contributed by atoms with Gasteiger partial charge in [0.2, 0.25) is 6.41 Å². The summed E-state index contributed by atoms with van der Waals surface area (Å²) in [6.45, 7) is 0. The number of hydrogen-bond acceptors (Lipinski definition) is 3. The number of hydrazine groups is 1. The van der Waals surface area contributed by atoms with Crippen molar-refractivity contribution in [1.29, 1.82) is 0 Å². The number of nitrogens with one attached hydrogen (secondary N) is 4. The second kappa shape index (κ2) is 6.79. The molecule has 4 N–H and O–H groups in total. The molecule has 2 aromatic carbocycles. The molecule has 0 unspecified atom stereocenters. The van der Waals surface area contributed by atoms with Crippen molar-refractivity contribution in [3.8, 4) is 0 Å². The Labute approximate surface area is 116 Å². The van der Waals surface area contributed by atoms with Gasteiger partial charge in [0.05, 0.1) is 5.69 Å². The fourth-order valence-electron chi connectivity index (χ4n) is 1.60. The normalized spacial score (nSPS) is 9.40. The molecule has 0 heterocycles. The molecule has 0 saturated heterocycles. The lowest BCUT2D eigenvalue weighted by molar-refractivity contribution is -0.109. The quantitative estimate of drug-likeness (QED) is 0.497. The smallest absolute Gasteiger partial charge is 0.308 e. The van der Waals surface area contributed by atoms with Gasteiger partial charge in [-0.15, -0.1) is 0 Å². The van der Waals surface area contributed by atoms with Crippen LogP contribution in [-0.4, -0.2) is 12.4 Å². The number of carbonyl (C=O) groups excluding carboxylic acids is 2. The number of anilines is 3. The van der Waals surface area contributed by atoms with Gasteiger partial charge in [0.25, 0.3) is 0 Å². The van der Waals surface area contributed by atoms with Crippen molar-refractivity contribution in [2.24, 2.45) is 0 Å². The highest BCUT2D eigenvalue weighted by Gasteiger charge is 2.02. The van der Waals surface area contributed by atoms with Crippen LogP contribution in [0, 0.1) is 0 Å². The summed E-state index contributed by atoms with van der Waals surface area (Å²) in [5.41, 5.74) is 6.97. The lowest BCUT2D eigenvalue weighted by Gasteiger charge is -2.09. The minimum atomic E-state index is -0.336. The summed E-state index contributed by atoms with van der Waals surface area (Å²) in [6, 6.07) is 15.8. The van der Waals surface area contributed by atoms with E-state index in [0.717, 1.165) is 0 Å². The first-order chi connectivity index (χ1) is 9.78. The summed E-state index contributed by atoms with van der Waals surface area (Å²) in [5, 5.41) is 5.41. The van der Waals surface area contributed by atoms with Gasteiger partial charge in [-0.05, 0) is 30.3 Å². The van der Waals surface area contributed by atoms with Crippen LogP contribution in [0.5, 0.6) is 0 Å². The summed E-state index contributed by atoms with van der Waals surface area (Å²) in [5.74, 6) is 0. The molecular formula is C14H14N4O2. The Bertz CT molecular complexity index is 587. The van der Waals surface area contributed by atoms with Crippen LogP contribution in [0.2, 0.25) is 0 Å². The van der Waals surface area contributed by atoms with Crippen LogP contribution in [0.25, 0.3) is 0 Å². The summed E-state index contributed by atoms with van der Waals surface area (Å²) in [4.78, 5) is 22.0. The van der Waals surface area contributed by atoms with E-state index in [1.807, 2.05) is 18.2 Å². The minimum absolute atomic E-state index is 0.336. The van der Waals surface area contributed by atoms with Gasteiger partial charge in [-0.2, -0.15) is 0 Å². The molecule has 6 nitrogen and oxygen atoms in total. The van der Waals surface area contributed by atoms with Crippen LogP contribution in [0.1, 0.15) is 0 Å². The molecule has 0 radical (unpaired) electrons. The minimum Gasteiger partial charge on any atom is -0.308 e. The van der Waals surface area contributed by atoms with Gasteiger partial charge in [-0.1, -0.05) is 24.3 Å². The molecule has 6 heteroatoms. The molecule has 102 valence electrons. The fraction of sp³-hybridized carbons (Fsp3) is 0. The van der Waals surface area contributed by atoms with Crippen molar-refractivity contribution in [2.75, 3.05) is 16.1 Å². The van der Waals surface area contributed by atoms with Gasteiger partial charge < -0.3 is 10.6 Å². The number of carbonyl (C=O) groups is 2. The zero-order valence-electron chi connectivity index (χ0n) is 10.6. The summed E-state index contributed by atoms with van der Waals surface area (Å²) >= 11 is 0. The molecule has 0 spiro atoms. The average molecular weight is 270 g/mol. The standard InChI is InChI=1S/C14H14N4O2/c19-10-15-18-13-8-4-7-12(9-13)17-14(20)16-11-5-2-1-3-6-11/h1-10,18H,(H,15,19)(H2,16,17,20). The van der Waals surface area contributed by atoms with Crippen LogP contribution in [0.3, 0.4) is 0 Å². The van der Waals surface area contributed by atoms with Gasteiger partial charge in [0.1, 0.15) is 0 Å². The molecule has 3 amide bonds. The molecule has 2 aromatic rings. The van der Waals surface area contributed by atoms with E-state index < -0.39 is 0 Å². The lowest BCUT2D eigenvalue weighted by atomic mass is 10.3. The monoisotopic (exact) mass is 270 g/mol. The topological polar surface area (TPSA) is 82.3 Å². The highest BCUT2D eigenvalue weighted by molar-refractivity contribution is 5.99. The third-order valence-electron chi connectivity index (χ3n) is 2.43. The molecule has 20 heavy (non-hydrogen) atoms. The third kappa shape index (κ3) is 4.02. The Morgan fingerprint density at radius 1 is 0.850 bits per heavy atom. The molecule has 0 saturated carbocycles. The predicted molar refractivity (Wildman–Crippen MR) is 78.3 cm³/mol. The number of amides is 3. The van der Waals surface area contributed by atoms with Crippen molar-refractivity contribution in [3.63, 3.8) is 0 Å². The largest absolute Gasteiger partial charge is 0.323 e. The van der Waals surface area contributed by atoms with Gasteiger partial charge >= 0.3 is 6.03 Å². The van der Waals surface area contributed by atoms with Crippen molar-refractivity contribution in [2.45, 2.75) is 0 Å². The fourth-order valence-corrected chi connectivity index (χ4v) is 1.60. The molecule has 0 aromatic heterocycles. The average Bonchev–Trinajstić information content (AvgIpc) is 2.46. The number of urea groups is 1. The number of hydrogen-bond donors (Lipinski definition) is 4. The van der Waals surface area contributed by atoms with Crippen LogP contribution < -0.4 is 21.5 Å². The van der Waals surface area contributed by atoms with Crippen LogP contribution in [0.15, 0.2) is 54.6 Å². The van der Waals surface area contributed by atoms with Gasteiger partial charge in [-0.25, -0.2) is 4.79 Å². The van der Waals surface area contributed by atoms with Crippen LogP contribution in [0.4, 0.5) is 21.9 Å². The maximum absolute atomic E-state index is 11.8. The molecule has 0 atom stereocenters. The van der Waals surface area contributed by atoms with E-state index in [0.29, 0.717) is 23.5 Å². The van der Waals surface area contributed by atoms with Crippen molar-refractivity contribution >= 4 is 29.5 Å². The van der Waals surface area contributed by atoms with Crippen LogP contribution >= 0.6 is 0 Å². The first kappa shape index (κ1) is 13.4.